The van der Waals surface area contributed by atoms with Gasteiger partial charge in [0.05, 0.1) is 0 Å². The molecule has 2 aromatic rings. The average Bonchev–Trinajstić information content (AvgIpc) is 2.29. The Bertz CT molecular complexity index is 467. The van der Waals surface area contributed by atoms with Crippen molar-refractivity contribution in [3.63, 3.8) is 0 Å². The Morgan fingerprint density at radius 2 is 2.18 bits per heavy atom. The summed E-state index contributed by atoms with van der Waals surface area (Å²) in [6.45, 7) is 0.740. The van der Waals surface area contributed by atoms with E-state index < -0.39 is 0 Å². The first-order chi connectivity index (χ1) is 8.24. The lowest BCUT2D eigenvalue weighted by Crippen LogP contribution is -2.07. The fourth-order valence-electron chi connectivity index (χ4n) is 1.47. The van der Waals surface area contributed by atoms with E-state index in [2.05, 4.69) is 15.3 Å². The van der Waals surface area contributed by atoms with Crippen LogP contribution in [-0.4, -0.2) is 16.5 Å². The maximum Gasteiger partial charge on any atom is 0.133 e. The lowest BCUT2D eigenvalue weighted by atomic mass is 10.3. The molecule has 88 valence electrons. The van der Waals surface area contributed by atoms with E-state index in [1.165, 1.54) is 0 Å². The van der Waals surface area contributed by atoms with Gasteiger partial charge in [-0.1, -0.05) is 17.7 Å². The van der Waals surface area contributed by atoms with Gasteiger partial charge in [0.15, 0.2) is 0 Å². The second kappa shape index (κ2) is 5.50. The van der Waals surface area contributed by atoms with Gasteiger partial charge in [0.25, 0.3) is 0 Å². The molecule has 0 unspecified atom stereocenters. The minimum Gasteiger partial charge on any atom is -0.399 e. The number of hydrogen-bond donors (Lipinski definition) is 2. The SMILES string of the molecule is Nc1cc(Cl)nc(NCCc2ccccn2)c1. The number of nitrogens with one attached hydrogen (secondary N) is 1. The minimum atomic E-state index is 0.394. The number of nitrogens with zero attached hydrogens (tertiary/aromatic N) is 2. The van der Waals surface area contributed by atoms with Crippen molar-refractivity contribution >= 4 is 23.1 Å². The van der Waals surface area contributed by atoms with E-state index in [4.69, 9.17) is 17.3 Å². The summed E-state index contributed by atoms with van der Waals surface area (Å²) < 4.78 is 0. The summed E-state index contributed by atoms with van der Waals surface area (Å²) in [5, 5.41) is 3.55. The molecule has 2 heterocycles. The van der Waals surface area contributed by atoms with Gasteiger partial charge in [-0.2, -0.15) is 0 Å². The zero-order valence-electron chi connectivity index (χ0n) is 9.23. The highest BCUT2D eigenvalue weighted by Gasteiger charge is 1.99. The van der Waals surface area contributed by atoms with Crippen LogP contribution >= 0.6 is 11.6 Å². The van der Waals surface area contributed by atoms with Crippen LogP contribution in [0.5, 0.6) is 0 Å². The topological polar surface area (TPSA) is 63.8 Å². The van der Waals surface area contributed by atoms with E-state index in [0.29, 0.717) is 16.7 Å². The van der Waals surface area contributed by atoms with Crippen molar-refractivity contribution in [3.05, 3.63) is 47.4 Å². The largest absolute Gasteiger partial charge is 0.399 e. The van der Waals surface area contributed by atoms with E-state index >= 15 is 0 Å². The molecule has 2 rings (SSSR count). The van der Waals surface area contributed by atoms with Crippen LogP contribution in [0.1, 0.15) is 5.69 Å². The number of nitrogen functional groups attached to an aromatic ring is 1. The molecule has 0 fully saturated rings. The Hall–Kier alpha value is -1.81. The second-order valence-electron chi connectivity index (χ2n) is 3.61. The number of hydrogen-bond acceptors (Lipinski definition) is 4. The number of halogens is 1. The van der Waals surface area contributed by atoms with Gasteiger partial charge < -0.3 is 11.1 Å². The predicted molar refractivity (Wildman–Crippen MR) is 70.1 cm³/mol. The number of rotatable bonds is 4. The van der Waals surface area contributed by atoms with E-state index in [0.717, 1.165) is 18.7 Å². The van der Waals surface area contributed by atoms with E-state index in [1.807, 2.05) is 18.2 Å². The molecule has 0 aromatic carbocycles. The molecule has 3 N–H and O–H groups in total. The van der Waals surface area contributed by atoms with Gasteiger partial charge in [-0.25, -0.2) is 4.98 Å². The van der Waals surface area contributed by atoms with Crippen molar-refractivity contribution in [1.82, 2.24) is 9.97 Å². The van der Waals surface area contributed by atoms with Crippen molar-refractivity contribution in [1.29, 1.82) is 0 Å². The maximum absolute atomic E-state index is 5.80. The van der Waals surface area contributed by atoms with Crippen molar-refractivity contribution in [2.75, 3.05) is 17.6 Å². The van der Waals surface area contributed by atoms with Crippen LogP contribution in [0.2, 0.25) is 5.15 Å². The molecule has 0 atom stereocenters. The first-order valence-corrected chi connectivity index (χ1v) is 5.69. The molecular weight excluding hydrogens is 236 g/mol. The Balaban J connectivity index is 1.90. The van der Waals surface area contributed by atoms with Crippen molar-refractivity contribution < 1.29 is 0 Å². The minimum absolute atomic E-state index is 0.394. The lowest BCUT2D eigenvalue weighted by Gasteiger charge is -2.06. The van der Waals surface area contributed by atoms with E-state index in [9.17, 15) is 0 Å². The summed E-state index contributed by atoms with van der Waals surface area (Å²) >= 11 is 5.80. The quantitative estimate of drug-likeness (QED) is 0.816. The summed E-state index contributed by atoms with van der Waals surface area (Å²) in [5.41, 5.74) is 7.30. The van der Waals surface area contributed by atoms with E-state index in [-0.39, 0.29) is 0 Å². The molecule has 0 spiro atoms. The summed E-state index contributed by atoms with van der Waals surface area (Å²) in [6.07, 6.45) is 2.61. The number of nitrogens with two attached hydrogens (primary N) is 1. The number of aromatic nitrogens is 2. The zero-order chi connectivity index (χ0) is 12.1. The van der Waals surface area contributed by atoms with Crippen molar-refractivity contribution in [3.8, 4) is 0 Å². The first-order valence-electron chi connectivity index (χ1n) is 5.31. The van der Waals surface area contributed by atoms with Crippen molar-refractivity contribution in [2.45, 2.75) is 6.42 Å². The van der Waals surface area contributed by atoms with Crippen LogP contribution in [0.25, 0.3) is 0 Å². The van der Waals surface area contributed by atoms with Gasteiger partial charge in [0, 0.05) is 36.6 Å². The third-order valence-electron chi connectivity index (χ3n) is 2.23. The Morgan fingerprint density at radius 1 is 1.29 bits per heavy atom. The number of anilines is 2. The van der Waals surface area contributed by atoms with Crippen LogP contribution in [0.15, 0.2) is 36.5 Å². The van der Waals surface area contributed by atoms with Gasteiger partial charge in [0.1, 0.15) is 11.0 Å². The summed E-state index contributed by atoms with van der Waals surface area (Å²) in [4.78, 5) is 8.35. The zero-order valence-corrected chi connectivity index (χ0v) is 9.98. The molecule has 17 heavy (non-hydrogen) atoms. The molecule has 0 radical (unpaired) electrons. The first kappa shape index (κ1) is 11.7. The third kappa shape index (κ3) is 3.60. The molecule has 0 saturated heterocycles. The highest BCUT2D eigenvalue weighted by atomic mass is 35.5. The van der Waals surface area contributed by atoms with Gasteiger partial charge >= 0.3 is 0 Å². The van der Waals surface area contributed by atoms with Gasteiger partial charge in [-0.15, -0.1) is 0 Å². The molecule has 0 bridgehead atoms. The van der Waals surface area contributed by atoms with Crippen LogP contribution in [-0.2, 0) is 6.42 Å². The standard InChI is InChI=1S/C12H13ClN4/c13-11-7-9(14)8-12(17-11)16-6-4-10-3-1-2-5-15-10/h1-3,5,7-8H,4,6H2,(H3,14,16,17). The maximum atomic E-state index is 5.80. The van der Waals surface area contributed by atoms with E-state index in [1.54, 1.807) is 18.3 Å². The Kier molecular flexibility index (Phi) is 3.77. The molecule has 0 aliphatic carbocycles. The smallest absolute Gasteiger partial charge is 0.133 e. The molecule has 5 heteroatoms. The molecule has 2 aromatic heterocycles. The van der Waals surface area contributed by atoms with Crippen LogP contribution in [0.3, 0.4) is 0 Å². The lowest BCUT2D eigenvalue weighted by molar-refractivity contribution is 0.954. The number of pyridine rings is 2. The molecule has 0 amide bonds. The highest BCUT2D eigenvalue weighted by molar-refractivity contribution is 6.29. The van der Waals surface area contributed by atoms with Crippen LogP contribution in [0, 0.1) is 0 Å². The molecule has 0 aliphatic heterocycles. The predicted octanol–water partition coefficient (Wildman–Crippen LogP) is 2.37. The summed E-state index contributed by atoms with van der Waals surface area (Å²) in [5.74, 6) is 0.686. The molecule has 0 saturated carbocycles. The average molecular weight is 249 g/mol. The fraction of sp³-hybridized carbons (Fsp3) is 0.167. The van der Waals surface area contributed by atoms with Gasteiger partial charge in [-0.05, 0) is 18.2 Å². The molecule has 4 nitrogen and oxygen atoms in total. The van der Waals surface area contributed by atoms with Crippen LogP contribution in [0.4, 0.5) is 11.5 Å². The molecular formula is C12H13ClN4. The Morgan fingerprint density at radius 3 is 2.88 bits per heavy atom. The third-order valence-corrected chi connectivity index (χ3v) is 2.42. The summed E-state index contributed by atoms with van der Waals surface area (Å²) in [7, 11) is 0. The second-order valence-corrected chi connectivity index (χ2v) is 3.99. The monoisotopic (exact) mass is 248 g/mol. The van der Waals surface area contributed by atoms with Gasteiger partial charge in [-0.3, -0.25) is 4.98 Å². The van der Waals surface area contributed by atoms with Crippen LogP contribution < -0.4 is 11.1 Å². The molecule has 0 aliphatic rings. The highest BCUT2D eigenvalue weighted by Crippen LogP contribution is 2.15. The van der Waals surface area contributed by atoms with Gasteiger partial charge in [0.2, 0.25) is 0 Å². The fourth-order valence-corrected chi connectivity index (χ4v) is 1.69. The Labute approximate surface area is 105 Å². The van der Waals surface area contributed by atoms with Crippen molar-refractivity contribution in [2.24, 2.45) is 0 Å². The summed E-state index contributed by atoms with van der Waals surface area (Å²) in [6, 6.07) is 9.23. The normalized spacial score (nSPS) is 10.2.